The zero-order valence-corrected chi connectivity index (χ0v) is 16.7. The quantitative estimate of drug-likeness (QED) is 0.561. The molecule has 1 fully saturated rings. The van der Waals surface area contributed by atoms with E-state index in [2.05, 4.69) is 30.5 Å². The van der Waals surface area contributed by atoms with Crippen molar-refractivity contribution < 1.29 is 9.47 Å². The van der Waals surface area contributed by atoms with Crippen LogP contribution in [0.4, 0.5) is 11.6 Å². The summed E-state index contributed by atoms with van der Waals surface area (Å²) in [6.45, 7) is 1.89. The number of nitrogens with one attached hydrogen (secondary N) is 2. The molecule has 1 aliphatic carbocycles. The highest BCUT2D eigenvalue weighted by Gasteiger charge is 2.26. The molecule has 2 atom stereocenters. The number of methoxy groups -OCH3 is 1. The fourth-order valence-corrected chi connectivity index (χ4v) is 3.46. The molecule has 154 valence electrons. The summed E-state index contributed by atoms with van der Waals surface area (Å²) in [5.41, 5.74) is 8.44. The third kappa shape index (κ3) is 4.16. The zero-order chi connectivity index (χ0) is 21.1. The molecular formula is C20H22N8O2. The van der Waals surface area contributed by atoms with Crippen molar-refractivity contribution in [1.82, 2.24) is 25.1 Å². The summed E-state index contributed by atoms with van der Waals surface area (Å²) in [5, 5.41) is 19.2. The highest BCUT2D eigenvalue weighted by atomic mass is 16.5. The second kappa shape index (κ2) is 8.34. The summed E-state index contributed by atoms with van der Waals surface area (Å²) in [6.07, 6.45) is 5.60. The molecule has 4 N–H and O–H groups in total. The van der Waals surface area contributed by atoms with E-state index in [4.69, 9.17) is 20.5 Å². The van der Waals surface area contributed by atoms with Gasteiger partial charge in [0.1, 0.15) is 29.3 Å². The van der Waals surface area contributed by atoms with E-state index in [0.29, 0.717) is 34.5 Å². The number of nitrogens with zero attached hydrogens (tertiary/aromatic N) is 5. The van der Waals surface area contributed by atoms with E-state index < -0.39 is 0 Å². The minimum absolute atomic E-state index is 0.0553. The van der Waals surface area contributed by atoms with Crippen molar-refractivity contribution >= 4 is 11.6 Å². The Bertz CT molecular complexity index is 1070. The van der Waals surface area contributed by atoms with Crippen molar-refractivity contribution in [2.24, 2.45) is 5.73 Å². The van der Waals surface area contributed by atoms with Crippen LogP contribution in [0.15, 0.2) is 24.5 Å². The largest absolute Gasteiger partial charge is 0.489 e. The van der Waals surface area contributed by atoms with Crippen LogP contribution >= 0.6 is 0 Å². The van der Waals surface area contributed by atoms with Gasteiger partial charge in [-0.2, -0.15) is 10.4 Å². The summed E-state index contributed by atoms with van der Waals surface area (Å²) in [4.78, 5) is 12.6. The number of aryl methyl sites for hydroxylation is 1. The zero-order valence-electron chi connectivity index (χ0n) is 16.7. The van der Waals surface area contributed by atoms with Crippen LogP contribution in [0.3, 0.4) is 0 Å². The number of H-pyrrole nitrogens is 1. The monoisotopic (exact) mass is 406 g/mol. The smallest absolute Gasteiger partial charge is 0.226 e. The highest BCUT2D eigenvalue weighted by molar-refractivity contribution is 5.75. The predicted molar refractivity (Wildman–Crippen MR) is 109 cm³/mol. The third-order valence-electron chi connectivity index (χ3n) is 4.86. The Hall–Kier alpha value is -3.71. The van der Waals surface area contributed by atoms with Crippen LogP contribution in [0.5, 0.6) is 11.6 Å². The molecule has 4 rings (SSSR count). The molecule has 30 heavy (non-hydrogen) atoms. The lowest BCUT2D eigenvalue weighted by Crippen LogP contribution is -2.19. The first-order valence-electron chi connectivity index (χ1n) is 9.58. The molecule has 1 saturated carbocycles. The van der Waals surface area contributed by atoms with Crippen molar-refractivity contribution in [3.8, 4) is 29.0 Å². The number of nitrogens with two attached hydrogens (primary N) is 1. The number of anilines is 2. The van der Waals surface area contributed by atoms with E-state index >= 15 is 0 Å². The lowest BCUT2D eigenvalue weighted by Gasteiger charge is -2.18. The van der Waals surface area contributed by atoms with Crippen molar-refractivity contribution in [3.63, 3.8) is 0 Å². The van der Waals surface area contributed by atoms with Gasteiger partial charge in [-0.05, 0) is 26.2 Å². The van der Waals surface area contributed by atoms with Gasteiger partial charge in [0.25, 0.3) is 0 Å². The number of hydrogen-bond donors (Lipinski definition) is 3. The van der Waals surface area contributed by atoms with Crippen LogP contribution in [-0.2, 0) is 0 Å². The minimum Gasteiger partial charge on any atom is -0.489 e. The normalized spacial score (nSPS) is 18.1. The Kier molecular flexibility index (Phi) is 5.45. The standard InChI is InChI=1S/C20H22N8O2/c1-11-5-16(30-14-4-3-12(22)6-14)19(20(25-11)29-2)15-7-17(28-27-15)26-18-10-23-13(8-21)9-24-18/h5,7,9-10,12,14H,3-4,6,22H2,1-2H3,(H2,24,26,27,28). The van der Waals surface area contributed by atoms with Gasteiger partial charge in [0.15, 0.2) is 11.5 Å². The molecule has 10 heteroatoms. The Morgan fingerprint density at radius 3 is 2.77 bits per heavy atom. The number of ether oxygens (including phenoxy) is 2. The minimum atomic E-state index is 0.0553. The van der Waals surface area contributed by atoms with Gasteiger partial charge in [0, 0.05) is 23.9 Å². The molecule has 0 amide bonds. The molecule has 0 spiro atoms. The van der Waals surface area contributed by atoms with Crippen LogP contribution in [0.2, 0.25) is 0 Å². The average molecular weight is 406 g/mol. The number of hydrogen-bond acceptors (Lipinski definition) is 9. The van der Waals surface area contributed by atoms with Crippen molar-refractivity contribution in [2.75, 3.05) is 12.4 Å². The molecule has 3 aromatic heterocycles. The van der Waals surface area contributed by atoms with Gasteiger partial charge in [-0.15, -0.1) is 0 Å². The van der Waals surface area contributed by atoms with Crippen LogP contribution in [0.25, 0.3) is 11.3 Å². The maximum Gasteiger partial charge on any atom is 0.226 e. The summed E-state index contributed by atoms with van der Waals surface area (Å²) in [7, 11) is 1.57. The van der Waals surface area contributed by atoms with E-state index in [1.54, 1.807) is 7.11 Å². The fraction of sp³-hybridized carbons (Fsp3) is 0.350. The molecule has 1 aliphatic rings. The van der Waals surface area contributed by atoms with Crippen molar-refractivity contribution in [2.45, 2.75) is 38.3 Å². The van der Waals surface area contributed by atoms with E-state index in [9.17, 15) is 0 Å². The molecule has 3 aromatic rings. The first kappa shape index (κ1) is 19.6. The number of rotatable bonds is 6. The van der Waals surface area contributed by atoms with E-state index in [0.717, 1.165) is 25.0 Å². The van der Waals surface area contributed by atoms with Crippen molar-refractivity contribution in [1.29, 1.82) is 5.26 Å². The molecule has 0 aromatic carbocycles. The number of aromatic amines is 1. The van der Waals surface area contributed by atoms with E-state index in [1.165, 1.54) is 12.4 Å². The second-order valence-corrected chi connectivity index (χ2v) is 7.15. The fourth-order valence-electron chi connectivity index (χ4n) is 3.46. The highest BCUT2D eigenvalue weighted by Crippen LogP contribution is 2.39. The van der Waals surface area contributed by atoms with Gasteiger partial charge >= 0.3 is 0 Å². The predicted octanol–water partition coefficient (Wildman–Crippen LogP) is 2.45. The summed E-state index contributed by atoms with van der Waals surface area (Å²) in [6, 6.07) is 5.80. The SMILES string of the molecule is COc1nc(C)cc(OC2CCC(N)C2)c1-c1cc(Nc2cnc(C#N)cn2)n[nH]1. The van der Waals surface area contributed by atoms with Gasteiger partial charge < -0.3 is 20.5 Å². The van der Waals surface area contributed by atoms with Crippen LogP contribution in [0, 0.1) is 18.3 Å². The number of aromatic nitrogens is 5. The molecule has 0 radical (unpaired) electrons. The maximum absolute atomic E-state index is 8.83. The lowest BCUT2D eigenvalue weighted by atomic mass is 10.1. The van der Waals surface area contributed by atoms with Gasteiger partial charge in [0.2, 0.25) is 5.88 Å². The van der Waals surface area contributed by atoms with Gasteiger partial charge in [-0.3, -0.25) is 5.10 Å². The molecule has 0 saturated heterocycles. The first-order valence-corrected chi connectivity index (χ1v) is 9.58. The van der Waals surface area contributed by atoms with Gasteiger partial charge in [0.05, 0.1) is 25.2 Å². The molecule has 0 bridgehead atoms. The van der Waals surface area contributed by atoms with E-state index in [1.807, 2.05) is 25.1 Å². The van der Waals surface area contributed by atoms with Crippen LogP contribution in [0.1, 0.15) is 30.7 Å². The van der Waals surface area contributed by atoms with Gasteiger partial charge in [-0.1, -0.05) is 0 Å². The second-order valence-electron chi connectivity index (χ2n) is 7.15. The third-order valence-corrected chi connectivity index (χ3v) is 4.86. The Labute approximate surface area is 173 Å². The van der Waals surface area contributed by atoms with E-state index in [-0.39, 0.29) is 17.8 Å². The van der Waals surface area contributed by atoms with Gasteiger partial charge in [-0.25, -0.2) is 15.0 Å². The first-order chi connectivity index (χ1) is 14.6. The molecule has 10 nitrogen and oxygen atoms in total. The van der Waals surface area contributed by atoms with Crippen LogP contribution < -0.4 is 20.5 Å². The molecule has 0 aliphatic heterocycles. The Morgan fingerprint density at radius 1 is 1.23 bits per heavy atom. The summed E-state index contributed by atoms with van der Waals surface area (Å²) < 4.78 is 11.8. The number of nitriles is 1. The number of pyridine rings is 1. The average Bonchev–Trinajstić information content (AvgIpc) is 3.37. The van der Waals surface area contributed by atoms with Crippen molar-refractivity contribution in [3.05, 3.63) is 35.9 Å². The Morgan fingerprint density at radius 2 is 2.10 bits per heavy atom. The van der Waals surface area contributed by atoms with Crippen LogP contribution in [-0.4, -0.2) is 44.4 Å². The summed E-state index contributed by atoms with van der Waals surface area (Å²) in [5.74, 6) is 2.12. The molecular weight excluding hydrogens is 384 g/mol. The molecule has 2 unspecified atom stereocenters. The topological polar surface area (TPSA) is 148 Å². The summed E-state index contributed by atoms with van der Waals surface area (Å²) >= 11 is 0. The lowest BCUT2D eigenvalue weighted by molar-refractivity contribution is 0.208. The Balaban J connectivity index is 1.63. The molecule has 3 heterocycles. The maximum atomic E-state index is 8.83.